The monoisotopic (exact) mass is 253 g/mol. The zero-order chi connectivity index (χ0) is 13.7. The summed E-state index contributed by atoms with van der Waals surface area (Å²) in [5, 5.41) is 10.9. The Morgan fingerprint density at radius 2 is 2.11 bits per heavy atom. The molecule has 0 fully saturated rings. The highest BCUT2D eigenvalue weighted by Crippen LogP contribution is 2.12. The van der Waals surface area contributed by atoms with Crippen molar-refractivity contribution in [2.45, 2.75) is 58.7 Å². The van der Waals surface area contributed by atoms with Crippen molar-refractivity contribution >= 4 is 5.91 Å². The van der Waals surface area contributed by atoms with Gasteiger partial charge in [-0.05, 0) is 26.7 Å². The molecule has 1 heterocycles. The van der Waals surface area contributed by atoms with Gasteiger partial charge in [0.15, 0.2) is 0 Å². The van der Waals surface area contributed by atoms with Crippen LogP contribution in [-0.4, -0.2) is 26.9 Å². The summed E-state index contributed by atoms with van der Waals surface area (Å²) >= 11 is 0. The second-order valence-corrected chi connectivity index (χ2v) is 4.63. The Morgan fingerprint density at radius 3 is 2.67 bits per heavy atom. The first-order chi connectivity index (χ1) is 8.49. The molecule has 0 aliphatic carbocycles. The number of carbonyl (C=O) groups excluding carboxylic acids is 1. The van der Waals surface area contributed by atoms with Gasteiger partial charge in [-0.1, -0.05) is 19.1 Å². The normalized spacial score (nSPS) is 16.1. The Morgan fingerprint density at radius 1 is 1.44 bits per heavy atom. The van der Waals surface area contributed by atoms with Crippen LogP contribution in [0.3, 0.4) is 0 Å². The SMILES string of the molecule is CCC(C)NC(=O)C(C)n1cc(C(N)CC)nn1. The summed E-state index contributed by atoms with van der Waals surface area (Å²) in [6.45, 7) is 7.80. The molecule has 0 aliphatic heterocycles. The van der Waals surface area contributed by atoms with E-state index in [1.807, 2.05) is 20.8 Å². The van der Waals surface area contributed by atoms with Crippen molar-refractivity contribution in [3.63, 3.8) is 0 Å². The van der Waals surface area contributed by atoms with E-state index in [4.69, 9.17) is 5.73 Å². The Labute approximate surface area is 108 Å². The summed E-state index contributed by atoms with van der Waals surface area (Å²) in [6.07, 6.45) is 3.45. The third kappa shape index (κ3) is 3.53. The number of rotatable bonds is 6. The van der Waals surface area contributed by atoms with Gasteiger partial charge in [0, 0.05) is 6.04 Å². The maximum absolute atomic E-state index is 11.9. The average molecular weight is 253 g/mol. The van der Waals surface area contributed by atoms with Gasteiger partial charge in [-0.3, -0.25) is 4.79 Å². The number of nitrogens with two attached hydrogens (primary N) is 1. The number of nitrogens with one attached hydrogen (secondary N) is 1. The van der Waals surface area contributed by atoms with Gasteiger partial charge < -0.3 is 11.1 Å². The third-order valence-corrected chi connectivity index (χ3v) is 3.13. The predicted molar refractivity (Wildman–Crippen MR) is 69.8 cm³/mol. The van der Waals surface area contributed by atoms with Gasteiger partial charge in [-0.15, -0.1) is 5.10 Å². The van der Waals surface area contributed by atoms with Crippen molar-refractivity contribution in [2.75, 3.05) is 0 Å². The van der Waals surface area contributed by atoms with Crippen molar-refractivity contribution in [3.8, 4) is 0 Å². The number of hydrogen-bond acceptors (Lipinski definition) is 4. The molecule has 1 aromatic heterocycles. The molecule has 3 N–H and O–H groups in total. The average Bonchev–Trinajstić information content (AvgIpc) is 2.86. The molecular weight excluding hydrogens is 230 g/mol. The van der Waals surface area contributed by atoms with Crippen LogP contribution in [0.15, 0.2) is 6.20 Å². The van der Waals surface area contributed by atoms with Crippen molar-refractivity contribution in [1.82, 2.24) is 20.3 Å². The Bertz CT molecular complexity index is 390. The summed E-state index contributed by atoms with van der Waals surface area (Å²) in [6, 6.07) is -0.325. The minimum Gasteiger partial charge on any atom is -0.352 e. The van der Waals surface area contributed by atoms with Gasteiger partial charge in [-0.2, -0.15) is 0 Å². The van der Waals surface area contributed by atoms with E-state index in [9.17, 15) is 4.79 Å². The van der Waals surface area contributed by atoms with E-state index in [2.05, 4.69) is 15.6 Å². The summed E-state index contributed by atoms with van der Waals surface area (Å²) in [5.74, 6) is -0.0501. The number of amides is 1. The quantitative estimate of drug-likeness (QED) is 0.796. The van der Waals surface area contributed by atoms with Gasteiger partial charge in [0.1, 0.15) is 6.04 Å². The highest BCUT2D eigenvalue weighted by molar-refractivity contribution is 5.79. The molecule has 0 saturated heterocycles. The maximum Gasteiger partial charge on any atom is 0.244 e. The second-order valence-electron chi connectivity index (χ2n) is 4.63. The lowest BCUT2D eigenvalue weighted by atomic mass is 10.2. The van der Waals surface area contributed by atoms with Gasteiger partial charge >= 0.3 is 0 Å². The fourth-order valence-electron chi connectivity index (χ4n) is 1.44. The zero-order valence-electron chi connectivity index (χ0n) is 11.6. The van der Waals surface area contributed by atoms with Crippen LogP contribution in [0.25, 0.3) is 0 Å². The lowest BCUT2D eigenvalue weighted by Gasteiger charge is -2.16. The number of carbonyl (C=O) groups is 1. The molecule has 6 nitrogen and oxygen atoms in total. The van der Waals surface area contributed by atoms with Crippen molar-refractivity contribution < 1.29 is 4.79 Å². The van der Waals surface area contributed by atoms with E-state index in [1.165, 1.54) is 0 Å². The minimum absolute atomic E-state index is 0.0501. The molecule has 3 atom stereocenters. The smallest absolute Gasteiger partial charge is 0.244 e. The second kappa shape index (κ2) is 6.49. The first-order valence-corrected chi connectivity index (χ1v) is 6.47. The van der Waals surface area contributed by atoms with Crippen molar-refractivity contribution in [1.29, 1.82) is 0 Å². The molecule has 1 amide bonds. The molecule has 0 spiro atoms. The van der Waals surface area contributed by atoms with Gasteiger partial charge in [-0.25, -0.2) is 4.68 Å². The molecular formula is C12H23N5O. The number of hydrogen-bond donors (Lipinski definition) is 2. The summed E-state index contributed by atoms with van der Waals surface area (Å²) in [7, 11) is 0. The molecule has 0 bridgehead atoms. The van der Waals surface area contributed by atoms with Crippen molar-refractivity contribution in [3.05, 3.63) is 11.9 Å². The molecule has 0 saturated carbocycles. The molecule has 18 heavy (non-hydrogen) atoms. The lowest BCUT2D eigenvalue weighted by molar-refractivity contribution is -0.124. The van der Waals surface area contributed by atoms with Crippen LogP contribution in [0.2, 0.25) is 0 Å². The van der Waals surface area contributed by atoms with Crippen LogP contribution < -0.4 is 11.1 Å². The Balaban J connectivity index is 2.69. The maximum atomic E-state index is 11.9. The molecule has 1 rings (SSSR count). The van der Waals surface area contributed by atoms with Crippen LogP contribution in [0.4, 0.5) is 0 Å². The van der Waals surface area contributed by atoms with Crippen LogP contribution in [0.1, 0.15) is 58.3 Å². The van der Waals surface area contributed by atoms with Gasteiger partial charge in [0.25, 0.3) is 0 Å². The standard InChI is InChI=1S/C12H23N5O/c1-5-8(3)14-12(18)9(4)17-7-11(15-16-17)10(13)6-2/h7-10H,5-6,13H2,1-4H3,(H,14,18). The lowest BCUT2D eigenvalue weighted by Crippen LogP contribution is -2.37. The zero-order valence-corrected chi connectivity index (χ0v) is 11.6. The molecule has 3 unspecified atom stereocenters. The van der Waals surface area contributed by atoms with E-state index >= 15 is 0 Å². The summed E-state index contributed by atoms with van der Waals surface area (Å²) in [5.41, 5.74) is 6.59. The van der Waals surface area contributed by atoms with Crippen LogP contribution in [0, 0.1) is 0 Å². The molecule has 1 aromatic rings. The van der Waals surface area contributed by atoms with E-state index in [0.717, 1.165) is 18.5 Å². The predicted octanol–water partition coefficient (Wildman–Crippen LogP) is 1.16. The first-order valence-electron chi connectivity index (χ1n) is 6.47. The summed E-state index contributed by atoms with van der Waals surface area (Å²) in [4.78, 5) is 11.9. The van der Waals surface area contributed by atoms with Crippen LogP contribution in [-0.2, 0) is 4.79 Å². The van der Waals surface area contributed by atoms with E-state index in [1.54, 1.807) is 17.8 Å². The van der Waals surface area contributed by atoms with E-state index < -0.39 is 0 Å². The number of nitrogens with zero attached hydrogens (tertiary/aromatic N) is 3. The van der Waals surface area contributed by atoms with Crippen LogP contribution in [0.5, 0.6) is 0 Å². The van der Waals surface area contributed by atoms with Crippen molar-refractivity contribution in [2.24, 2.45) is 5.73 Å². The Kier molecular flexibility index (Phi) is 5.27. The third-order valence-electron chi connectivity index (χ3n) is 3.13. The summed E-state index contributed by atoms with van der Waals surface area (Å²) < 4.78 is 1.56. The highest BCUT2D eigenvalue weighted by atomic mass is 16.2. The van der Waals surface area contributed by atoms with Gasteiger partial charge in [0.05, 0.1) is 17.9 Å². The Hall–Kier alpha value is -1.43. The minimum atomic E-state index is -0.371. The fraction of sp³-hybridized carbons (Fsp3) is 0.750. The topological polar surface area (TPSA) is 85.8 Å². The largest absolute Gasteiger partial charge is 0.352 e. The van der Waals surface area contributed by atoms with Gasteiger partial charge in [0.2, 0.25) is 5.91 Å². The fourth-order valence-corrected chi connectivity index (χ4v) is 1.44. The van der Waals surface area contributed by atoms with E-state index in [0.29, 0.717) is 0 Å². The molecule has 0 aliphatic rings. The van der Waals surface area contributed by atoms with E-state index in [-0.39, 0.29) is 24.0 Å². The first kappa shape index (κ1) is 14.6. The molecule has 0 radical (unpaired) electrons. The molecule has 6 heteroatoms. The number of aromatic nitrogens is 3. The molecule has 0 aromatic carbocycles. The van der Waals surface area contributed by atoms with Crippen LogP contribution >= 0.6 is 0 Å². The molecule has 102 valence electrons. The highest BCUT2D eigenvalue weighted by Gasteiger charge is 2.19.